The largest absolute Gasteiger partial charge is 0.497 e. The van der Waals surface area contributed by atoms with Crippen molar-refractivity contribution in [3.8, 4) is 5.75 Å². The van der Waals surface area contributed by atoms with Crippen molar-refractivity contribution in [1.82, 2.24) is 10.2 Å². The van der Waals surface area contributed by atoms with Gasteiger partial charge in [0.15, 0.2) is 0 Å². The summed E-state index contributed by atoms with van der Waals surface area (Å²) < 4.78 is 45.2. The molecule has 0 bridgehead atoms. The molecule has 0 saturated heterocycles. The molecule has 0 aliphatic heterocycles. The van der Waals surface area contributed by atoms with Gasteiger partial charge < -0.3 is 15.0 Å². The van der Waals surface area contributed by atoms with E-state index in [1.54, 1.807) is 31.2 Å². The molecular formula is C26H33ClFN3O5S. The van der Waals surface area contributed by atoms with E-state index in [4.69, 9.17) is 16.3 Å². The number of sulfonamides is 1. The van der Waals surface area contributed by atoms with Crippen molar-refractivity contribution in [2.75, 3.05) is 24.2 Å². The lowest BCUT2D eigenvalue weighted by Gasteiger charge is -2.33. The topological polar surface area (TPSA) is 96.0 Å². The number of amides is 2. The van der Waals surface area contributed by atoms with E-state index in [1.807, 2.05) is 0 Å². The van der Waals surface area contributed by atoms with E-state index in [0.717, 1.165) is 53.9 Å². The summed E-state index contributed by atoms with van der Waals surface area (Å²) in [6, 6.07) is 9.78. The maximum absolute atomic E-state index is 13.7. The quantitative estimate of drug-likeness (QED) is 0.451. The number of hydrogen-bond acceptors (Lipinski definition) is 5. The van der Waals surface area contributed by atoms with Crippen LogP contribution in [0.4, 0.5) is 10.1 Å². The molecular weight excluding hydrogens is 521 g/mol. The number of carbonyl (C=O) groups excluding carboxylic acids is 2. The summed E-state index contributed by atoms with van der Waals surface area (Å²) in [4.78, 5) is 28.4. The summed E-state index contributed by atoms with van der Waals surface area (Å²) in [5.41, 5.74) is 0.766. The van der Waals surface area contributed by atoms with Gasteiger partial charge in [0.2, 0.25) is 21.8 Å². The highest BCUT2D eigenvalue weighted by atomic mass is 35.5. The van der Waals surface area contributed by atoms with Crippen molar-refractivity contribution in [2.24, 2.45) is 0 Å². The fourth-order valence-electron chi connectivity index (χ4n) is 4.51. The lowest BCUT2D eigenvalue weighted by molar-refractivity contribution is -0.140. The van der Waals surface area contributed by atoms with Gasteiger partial charge >= 0.3 is 0 Å². The first kappa shape index (κ1) is 28.7. The van der Waals surface area contributed by atoms with Gasteiger partial charge in [-0.3, -0.25) is 13.9 Å². The number of methoxy groups -OCH3 is 1. The van der Waals surface area contributed by atoms with Gasteiger partial charge in [-0.25, -0.2) is 12.8 Å². The van der Waals surface area contributed by atoms with Crippen LogP contribution in [0.1, 0.15) is 44.6 Å². The number of hydrogen-bond donors (Lipinski definition) is 1. The van der Waals surface area contributed by atoms with Crippen LogP contribution in [0, 0.1) is 5.82 Å². The fourth-order valence-corrected chi connectivity index (χ4v) is 5.52. The van der Waals surface area contributed by atoms with E-state index in [1.165, 1.54) is 18.1 Å². The molecule has 11 heteroatoms. The minimum absolute atomic E-state index is 0.0482. The maximum Gasteiger partial charge on any atom is 0.244 e. The van der Waals surface area contributed by atoms with Gasteiger partial charge in [0.05, 0.1) is 24.1 Å². The van der Waals surface area contributed by atoms with Crippen molar-refractivity contribution in [3.05, 3.63) is 58.9 Å². The van der Waals surface area contributed by atoms with E-state index in [2.05, 4.69) is 5.32 Å². The Morgan fingerprint density at radius 2 is 1.89 bits per heavy atom. The van der Waals surface area contributed by atoms with Crippen molar-refractivity contribution >= 4 is 39.1 Å². The van der Waals surface area contributed by atoms with Gasteiger partial charge in [-0.15, -0.1) is 0 Å². The first-order valence-electron chi connectivity index (χ1n) is 12.2. The molecule has 0 heterocycles. The number of nitrogens with zero attached hydrogens (tertiary/aromatic N) is 2. The molecule has 0 aromatic heterocycles. The molecule has 2 aromatic rings. The van der Waals surface area contributed by atoms with Crippen LogP contribution in [0.3, 0.4) is 0 Å². The number of halogens is 2. The SMILES string of the molecule is CC[C@@H](C(=O)NC1CCCC1)N(Cc1cccc(OC)c1)C(=O)CN(c1ccc(F)c(Cl)c1)S(C)(=O)=O. The van der Waals surface area contributed by atoms with Gasteiger partial charge in [-0.05, 0) is 55.2 Å². The van der Waals surface area contributed by atoms with Crippen molar-refractivity contribution in [3.63, 3.8) is 0 Å². The second kappa shape index (κ2) is 12.6. The number of ether oxygens (including phenoxy) is 1. The fraction of sp³-hybridized carbons (Fsp3) is 0.462. The summed E-state index contributed by atoms with van der Waals surface area (Å²) in [5, 5.41) is 2.78. The molecule has 1 saturated carbocycles. The summed E-state index contributed by atoms with van der Waals surface area (Å²) in [5.74, 6) is -0.977. The lowest BCUT2D eigenvalue weighted by Crippen LogP contribution is -2.53. The third-order valence-corrected chi connectivity index (χ3v) is 7.88. The summed E-state index contributed by atoms with van der Waals surface area (Å²) >= 11 is 5.88. The Kier molecular flexibility index (Phi) is 9.78. The lowest BCUT2D eigenvalue weighted by atomic mass is 10.1. The molecule has 2 amide bonds. The smallest absolute Gasteiger partial charge is 0.244 e. The molecule has 0 radical (unpaired) electrons. The summed E-state index contributed by atoms with van der Waals surface area (Å²) in [6.45, 7) is 1.28. The molecule has 2 aromatic carbocycles. The highest BCUT2D eigenvalue weighted by molar-refractivity contribution is 7.92. The second-order valence-electron chi connectivity index (χ2n) is 9.16. The van der Waals surface area contributed by atoms with Crippen LogP contribution in [0.15, 0.2) is 42.5 Å². The number of nitrogens with one attached hydrogen (secondary N) is 1. The van der Waals surface area contributed by atoms with E-state index in [-0.39, 0.29) is 29.2 Å². The minimum Gasteiger partial charge on any atom is -0.497 e. The van der Waals surface area contributed by atoms with Gasteiger partial charge in [0, 0.05) is 12.6 Å². The van der Waals surface area contributed by atoms with Gasteiger partial charge in [-0.1, -0.05) is 43.5 Å². The van der Waals surface area contributed by atoms with Gasteiger partial charge in [0.25, 0.3) is 0 Å². The Hall–Kier alpha value is -2.85. The van der Waals surface area contributed by atoms with Gasteiger partial charge in [-0.2, -0.15) is 0 Å². The van der Waals surface area contributed by atoms with Crippen LogP contribution in [0.5, 0.6) is 5.75 Å². The Balaban J connectivity index is 1.94. The second-order valence-corrected chi connectivity index (χ2v) is 11.5. The molecule has 37 heavy (non-hydrogen) atoms. The van der Waals surface area contributed by atoms with Crippen LogP contribution in [-0.2, 0) is 26.2 Å². The molecule has 8 nitrogen and oxygen atoms in total. The molecule has 1 aliphatic carbocycles. The highest BCUT2D eigenvalue weighted by Crippen LogP contribution is 2.26. The number of benzene rings is 2. The standard InChI is InChI=1S/C26H33ClFN3O5S/c1-4-24(26(33)29-19-9-5-6-10-19)30(16-18-8-7-11-21(14-18)36-2)25(32)17-31(37(3,34)35)20-12-13-23(28)22(27)15-20/h7-8,11-15,19,24H,4-6,9-10,16-17H2,1-3H3,(H,29,33)/t24-/m0/s1. The molecule has 3 rings (SSSR count). The van der Waals surface area contributed by atoms with Crippen LogP contribution >= 0.6 is 11.6 Å². The summed E-state index contributed by atoms with van der Waals surface area (Å²) in [6.07, 6.45) is 5.14. The molecule has 1 N–H and O–H groups in total. The van der Waals surface area contributed by atoms with Crippen LogP contribution in [0.25, 0.3) is 0 Å². The average molecular weight is 554 g/mol. The van der Waals surface area contributed by atoms with Crippen molar-refractivity contribution < 1.29 is 27.1 Å². The molecule has 0 unspecified atom stereocenters. The molecule has 1 atom stereocenters. The maximum atomic E-state index is 13.7. The number of carbonyl (C=O) groups is 2. The zero-order chi connectivity index (χ0) is 27.2. The van der Waals surface area contributed by atoms with Crippen molar-refractivity contribution in [2.45, 2.75) is 57.7 Å². The zero-order valence-electron chi connectivity index (χ0n) is 21.2. The number of rotatable bonds is 11. The molecule has 0 spiro atoms. The monoisotopic (exact) mass is 553 g/mol. The van der Waals surface area contributed by atoms with Crippen LogP contribution < -0.4 is 14.4 Å². The van der Waals surface area contributed by atoms with Crippen LogP contribution in [0.2, 0.25) is 5.02 Å². The highest BCUT2D eigenvalue weighted by Gasteiger charge is 2.33. The minimum atomic E-state index is -3.95. The van der Waals surface area contributed by atoms with Gasteiger partial charge in [0.1, 0.15) is 24.2 Å². The predicted molar refractivity (Wildman–Crippen MR) is 142 cm³/mol. The normalized spacial score (nSPS) is 14.7. The first-order chi connectivity index (χ1) is 17.5. The summed E-state index contributed by atoms with van der Waals surface area (Å²) in [7, 11) is -2.42. The zero-order valence-corrected chi connectivity index (χ0v) is 22.8. The van der Waals surface area contributed by atoms with Crippen LogP contribution in [-0.4, -0.2) is 57.1 Å². The Morgan fingerprint density at radius 3 is 2.49 bits per heavy atom. The Labute approximate surface area is 222 Å². The number of anilines is 1. The molecule has 1 fully saturated rings. The average Bonchev–Trinajstić information content (AvgIpc) is 3.36. The van der Waals surface area contributed by atoms with E-state index in [9.17, 15) is 22.4 Å². The Bertz CT molecular complexity index is 1220. The van der Waals surface area contributed by atoms with E-state index < -0.39 is 34.3 Å². The third kappa shape index (κ3) is 7.58. The first-order valence-corrected chi connectivity index (χ1v) is 14.4. The predicted octanol–water partition coefficient (Wildman–Crippen LogP) is 4.12. The molecule has 202 valence electrons. The Morgan fingerprint density at radius 1 is 1.19 bits per heavy atom. The van der Waals surface area contributed by atoms with E-state index >= 15 is 0 Å². The third-order valence-electron chi connectivity index (χ3n) is 6.44. The van der Waals surface area contributed by atoms with Crippen molar-refractivity contribution in [1.29, 1.82) is 0 Å². The molecule has 1 aliphatic rings. The van der Waals surface area contributed by atoms with E-state index in [0.29, 0.717) is 12.2 Å².